The fourth-order valence-electron chi connectivity index (χ4n) is 4.21. The Bertz CT molecular complexity index is 1280. The molecule has 1 saturated heterocycles. The van der Waals surface area contributed by atoms with Crippen LogP contribution in [0.3, 0.4) is 0 Å². The molecule has 0 aliphatic carbocycles. The molecule has 5 rings (SSSR count). The van der Waals surface area contributed by atoms with E-state index in [1.807, 2.05) is 25.1 Å². The average Bonchev–Trinajstić information content (AvgIpc) is 3.26. The van der Waals surface area contributed by atoms with Crippen LogP contribution in [-0.4, -0.2) is 42.0 Å². The van der Waals surface area contributed by atoms with Crippen molar-refractivity contribution >= 4 is 17.3 Å². The van der Waals surface area contributed by atoms with Crippen LogP contribution in [0.1, 0.15) is 21.8 Å². The largest absolute Gasteiger partial charge is 0.441 e. The Balaban J connectivity index is 1.20. The Labute approximate surface area is 204 Å². The van der Waals surface area contributed by atoms with Crippen LogP contribution in [0.4, 0.5) is 15.8 Å². The van der Waals surface area contributed by atoms with Crippen molar-refractivity contribution in [3.05, 3.63) is 102 Å². The fraction of sp³-hybridized carbons (Fsp3) is 0.214. The maximum atomic E-state index is 13.1. The van der Waals surface area contributed by atoms with E-state index in [1.165, 1.54) is 30.0 Å². The standard InChI is InChI=1S/C28H27FN4O2/c1-20-26(19-32-15-17-33(18-16-32)25-5-3-2-4-6-25)31-28(35-20)22-9-7-21(8-10-22)27(34)30-24-13-11-23(29)12-14-24/h2-14H,15-19H2,1H3,(H,30,34). The highest BCUT2D eigenvalue weighted by molar-refractivity contribution is 6.04. The van der Waals surface area contributed by atoms with Crippen molar-refractivity contribution in [3.63, 3.8) is 0 Å². The van der Waals surface area contributed by atoms with Crippen molar-refractivity contribution in [2.24, 2.45) is 0 Å². The second-order valence-corrected chi connectivity index (χ2v) is 8.66. The summed E-state index contributed by atoms with van der Waals surface area (Å²) in [6.45, 7) is 6.58. The van der Waals surface area contributed by atoms with Gasteiger partial charge in [-0.25, -0.2) is 9.37 Å². The summed E-state index contributed by atoms with van der Waals surface area (Å²) in [5.74, 6) is 0.749. The molecule has 35 heavy (non-hydrogen) atoms. The maximum Gasteiger partial charge on any atom is 0.255 e. The van der Waals surface area contributed by atoms with E-state index in [2.05, 4.69) is 39.4 Å². The third-order valence-electron chi connectivity index (χ3n) is 6.26. The third kappa shape index (κ3) is 5.41. The summed E-state index contributed by atoms with van der Waals surface area (Å²) in [6.07, 6.45) is 0. The van der Waals surface area contributed by atoms with Crippen molar-refractivity contribution in [2.75, 3.05) is 36.4 Å². The molecule has 4 aromatic rings. The van der Waals surface area contributed by atoms with Crippen LogP contribution in [-0.2, 0) is 6.54 Å². The molecule has 1 amide bonds. The second-order valence-electron chi connectivity index (χ2n) is 8.66. The number of nitrogens with one attached hydrogen (secondary N) is 1. The average molecular weight is 471 g/mol. The zero-order valence-corrected chi connectivity index (χ0v) is 19.6. The number of hydrogen-bond donors (Lipinski definition) is 1. The Morgan fingerprint density at radius 3 is 2.31 bits per heavy atom. The predicted molar refractivity (Wildman–Crippen MR) is 135 cm³/mol. The fourth-order valence-corrected chi connectivity index (χ4v) is 4.21. The van der Waals surface area contributed by atoms with E-state index < -0.39 is 0 Å². The van der Waals surface area contributed by atoms with Crippen LogP contribution in [0.5, 0.6) is 0 Å². The summed E-state index contributed by atoms with van der Waals surface area (Å²) in [5, 5.41) is 2.76. The number of oxazole rings is 1. The van der Waals surface area contributed by atoms with Gasteiger partial charge in [0.05, 0.1) is 5.69 Å². The quantitative estimate of drug-likeness (QED) is 0.411. The van der Waals surface area contributed by atoms with Gasteiger partial charge in [0.25, 0.3) is 5.91 Å². The second kappa shape index (κ2) is 10.1. The lowest BCUT2D eigenvalue weighted by Crippen LogP contribution is -2.46. The van der Waals surface area contributed by atoms with Crippen molar-refractivity contribution in [1.29, 1.82) is 0 Å². The zero-order valence-electron chi connectivity index (χ0n) is 19.6. The normalized spacial score (nSPS) is 14.2. The molecule has 0 saturated carbocycles. The minimum absolute atomic E-state index is 0.262. The number of nitrogens with zero attached hydrogens (tertiary/aromatic N) is 3. The first-order valence-corrected chi connectivity index (χ1v) is 11.7. The van der Waals surface area contributed by atoms with Gasteiger partial charge in [0.2, 0.25) is 5.89 Å². The monoisotopic (exact) mass is 470 g/mol. The minimum Gasteiger partial charge on any atom is -0.441 e. The maximum absolute atomic E-state index is 13.1. The molecule has 0 unspecified atom stereocenters. The Morgan fingerprint density at radius 2 is 1.63 bits per heavy atom. The number of benzene rings is 3. The van der Waals surface area contributed by atoms with E-state index in [9.17, 15) is 9.18 Å². The Hall–Kier alpha value is -3.97. The number of carbonyl (C=O) groups excluding carboxylic acids is 1. The highest BCUT2D eigenvalue weighted by atomic mass is 19.1. The molecular formula is C28H27FN4O2. The van der Waals surface area contributed by atoms with Gasteiger partial charge in [-0.3, -0.25) is 9.69 Å². The van der Waals surface area contributed by atoms with E-state index in [-0.39, 0.29) is 11.7 Å². The number of rotatable bonds is 6. The molecule has 7 heteroatoms. The number of aromatic nitrogens is 1. The molecule has 1 fully saturated rings. The smallest absolute Gasteiger partial charge is 0.255 e. The highest BCUT2D eigenvalue weighted by Gasteiger charge is 2.20. The van der Waals surface area contributed by atoms with Crippen LogP contribution in [0.2, 0.25) is 0 Å². The topological polar surface area (TPSA) is 61.6 Å². The molecule has 6 nitrogen and oxygen atoms in total. The van der Waals surface area contributed by atoms with E-state index in [0.29, 0.717) is 17.1 Å². The van der Waals surface area contributed by atoms with Crippen LogP contribution >= 0.6 is 0 Å². The van der Waals surface area contributed by atoms with E-state index in [1.54, 1.807) is 12.1 Å². The number of aryl methyl sites for hydroxylation is 1. The molecule has 3 aromatic carbocycles. The lowest BCUT2D eigenvalue weighted by atomic mass is 10.1. The number of amides is 1. The lowest BCUT2D eigenvalue weighted by Gasteiger charge is -2.35. The molecule has 0 radical (unpaired) electrons. The molecule has 1 aromatic heterocycles. The summed E-state index contributed by atoms with van der Waals surface area (Å²) in [4.78, 5) is 22.0. The van der Waals surface area contributed by atoms with E-state index in [0.717, 1.165) is 49.7 Å². The van der Waals surface area contributed by atoms with E-state index in [4.69, 9.17) is 9.40 Å². The lowest BCUT2D eigenvalue weighted by molar-refractivity contribution is 0.102. The van der Waals surface area contributed by atoms with Gasteiger partial charge in [-0.05, 0) is 67.6 Å². The van der Waals surface area contributed by atoms with Gasteiger partial charge < -0.3 is 14.6 Å². The zero-order chi connectivity index (χ0) is 24.2. The Kier molecular flexibility index (Phi) is 6.59. The summed E-state index contributed by atoms with van der Waals surface area (Å²) in [5.41, 5.74) is 4.05. The van der Waals surface area contributed by atoms with Crippen LogP contribution in [0.25, 0.3) is 11.5 Å². The summed E-state index contributed by atoms with van der Waals surface area (Å²) in [7, 11) is 0. The number of piperazine rings is 1. The van der Waals surface area contributed by atoms with Gasteiger partial charge in [0, 0.05) is 55.2 Å². The summed E-state index contributed by atoms with van der Waals surface area (Å²) in [6, 6.07) is 23.3. The van der Waals surface area contributed by atoms with Gasteiger partial charge in [0.15, 0.2) is 0 Å². The van der Waals surface area contributed by atoms with Gasteiger partial charge in [-0.2, -0.15) is 0 Å². The first-order chi connectivity index (χ1) is 17.0. The number of anilines is 2. The van der Waals surface area contributed by atoms with Gasteiger partial charge in [0.1, 0.15) is 11.6 Å². The number of halogens is 1. The van der Waals surface area contributed by atoms with Crippen LogP contribution in [0.15, 0.2) is 83.3 Å². The highest BCUT2D eigenvalue weighted by Crippen LogP contribution is 2.24. The van der Waals surface area contributed by atoms with Gasteiger partial charge in [-0.15, -0.1) is 0 Å². The Morgan fingerprint density at radius 1 is 0.943 bits per heavy atom. The number of hydrogen-bond acceptors (Lipinski definition) is 5. The molecule has 0 bridgehead atoms. The summed E-state index contributed by atoms with van der Waals surface area (Å²) >= 11 is 0. The molecule has 178 valence electrons. The molecule has 0 atom stereocenters. The van der Waals surface area contributed by atoms with Crippen molar-refractivity contribution in [3.8, 4) is 11.5 Å². The number of para-hydroxylation sites is 1. The van der Waals surface area contributed by atoms with Crippen molar-refractivity contribution in [1.82, 2.24) is 9.88 Å². The number of carbonyl (C=O) groups is 1. The molecular weight excluding hydrogens is 443 g/mol. The SMILES string of the molecule is Cc1oc(-c2ccc(C(=O)Nc3ccc(F)cc3)cc2)nc1CN1CCN(c2ccccc2)CC1. The molecule has 1 N–H and O–H groups in total. The summed E-state index contributed by atoms with van der Waals surface area (Å²) < 4.78 is 19.0. The van der Waals surface area contributed by atoms with E-state index >= 15 is 0 Å². The minimum atomic E-state index is -0.345. The van der Waals surface area contributed by atoms with Crippen molar-refractivity contribution in [2.45, 2.75) is 13.5 Å². The van der Waals surface area contributed by atoms with Gasteiger partial charge in [-0.1, -0.05) is 18.2 Å². The first kappa shape index (κ1) is 22.8. The third-order valence-corrected chi connectivity index (χ3v) is 6.26. The van der Waals surface area contributed by atoms with Crippen LogP contribution in [0, 0.1) is 12.7 Å². The van der Waals surface area contributed by atoms with Crippen LogP contribution < -0.4 is 10.2 Å². The molecule has 1 aliphatic heterocycles. The first-order valence-electron chi connectivity index (χ1n) is 11.7. The van der Waals surface area contributed by atoms with Gasteiger partial charge >= 0.3 is 0 Å². The molecule has 1 aliphatic rings. The molecule has 2 heterocycles. The van der Waals surface area contributed by atoms with Crippen molar-refractivity contribution < 1.29 is 13.6 Å². The molecule has 0 spiro atoms. The predicted octanol–water partition coefficient (Wildman–Crippen LogP) is 5.36.